The van der Waals surface area contributed by atoms with E-state index in [-0.39, 0.29) is 0 Å². The minimum absolute atomic E-state index is 0.575. The van der Waals surface area contributed by atoms with E-state index in [1.54, 1.807) is 0 Å². The highest BCUT2D eigenvalue weighted by Gasteiger charge is 2.11. The van der Waals surface area contributed by atoms with Gasteiger partial charge in [-0.2, -0.15) is 0 Å². The molecule has 2 heterocycles. The van der Waals surface area contributed by atoms with Crippen LogP contribution in [0.5, 0.6) is 0 Å². The van der Waals surface area contributed by atoms with Gasteiger partial charge in [-0.3, -0.25) is 4.99 Å². The van der Waals surface area contributed by atoms with Gasteiger partial charge in [-0.15, -0.1) is 0 Å². The summed E-state index contributed by atoms with van der Waals surface area (Å²) in [6.45, 7) is 4.39. The predicted molar refractivity (Wildman–Crippen MR) is 51.4 cm³/mol. The molecule has 1 aromatic rings. The summed E-state index contributed by atoms with van der Waals surface area (Å²) in [6.07, 6.45) is 4.19. The maximum absolute atomic E-state index is 4.34. The molecule has 0 fully saturated rings. The van der Waals surface area contributed by atoms with Gasteiger partial charge in [0.25, 0.3) is 0 Å². The Morgan fingerprint density at radius 2 is 2.33 bits per heavy atom. The lowest BCUT2D eigenvalue weighted by Crippen LogP contribution is -1.93. The third-order valence-electron chi connectivity index (χ3n) is 2.27. The number of rotatable bonds is 1. The van der Waals surface area contributed by atoms with Crippen molar-refractivity contribution >= 4 is 11.9 Å². The Labute approximate surface area is 72.7 Å². The standard InChI is InChI=1S/C10H14N2/c1-7(2)9-6-10-8(12-9)4-3-5-11-10/h5-7,12H,3-4H2,1-2H3. The van der Waals surface area contributed by atoms with Crippen LogP contribution in [-0.4, -0.2) is 11.2 Å². The minimum Gasteiger partial charge on any atom is -0.360 e. The van der Waals surface area contributed by atoms with Crippen molar-refractivity contribution in [1.29, 1.82) is 0 Å². The fraction of sp³-hybridized carbons (Fsp3) is 0.500. The molecule has 1 aromatic heterocycles. The van der Waals surface area contributed by atoms with Crippen molar-refractivity contribution < 1.29 is 0 Å². The lowest BCUT2D eigenvalue weighted by Gasteiger charge is -2.02. The number of H-pyrrole nitrogens is 1. The summed E-state index contributed by atoms with van der Waals surface area (Å²) in [5.41, 5.74) is 3.75. The summed E-state index contributed by atoms with van der Waals surface area (Å²) in [5, 5.41) is 0. The first-order valence-electron chi connectivity index (χ1n) is 4.51. The van der Waals surface area contributed by atoms with Crippen molar-refractivity contribution in [3.8, 4) is 0 Å². The number of aryl methyl sites for hydroxylation is 1. The van der Waals surface area contributed by atoms with E-state index in [0.717, 1.165) is 18.5 Å². The fourth-order valence-corrected chi connectivity index (χ4v) is 1.50. The van der Waals surface area contributed by atoms with Gasteiger partial charge in [0.05, 0.1) is 5.69 Å². The SMILES string of the molecule is CC(C)c1cc2c([nH]1)CCC=N2. The van der Waals surface area contributed by atoms with E-state index in [2.05, 4.69) is 29.9 Å². The molecule has 0 bridgehead atoms. The van der Waals surface area contributed by atoms with E-state index >= 15 is 0 Å². The Kier molecular flexibility index (Phi) is 1.75. The zero-order valence-electron chi connectivity index (χ0n) is 7.59. The van der Waals surface area contributed by atoms with Gasteiger partial charge >= 0.3 is 0 Å². The van der Waals surface area contributed by atoms with Gasteiger partial charge in [-0.25, -0.2) is 0 Å². The summed E-state index contributed by atoms with van der Waals surface area (Å²) < 4.78 is 0. The van der Waals surface area contributed by atoms with Crippen molar-refractivity contribution in [2.24, 2.45) is 4.99 Å². The Morgan fingerprint density at radius 3 is 3.00 bits per heavy atom. The maximum atomic E-state index is 4.34. The molecule has 2 rings (SSSR count). The summed E-state index contributed by atoms with van der Waals surface area (Å²) in [5.74, 6) is 0.575. The average Bonchev–Trinajstić information content (AvgIpc) is 2.46. The highest BCUT2D eigenvalue weighted by molar-refractivity contribution is 5.68. The molecular formula is C10H14N2. The zero-order valence-corrected chi connectivity index (χ0v) is 7.59. The maximum Gasteiger partial charge on any atom is 0.0835 e. The number of hydrogen-bond donors (Lipinski definition) is 1. The Hall–Kier alpha value is -1.05. The molecular weight excluding hydrogens is 148 g/mol. The van der Waals surface area contributed by atoms with Crippen LogP contribution in [0.15, 0.2) is 11.1 Å². The molecule has 1 aliphatic rings. The zero-order chi connectivity index (χ0) is 8.55. The molecule has 0 unspecified atom stereocenters. The number of nitrogens with zero attached hydrogens (tertiary/aromatic N) is 1. The molecule has 1 aliphatic heterocycles. The fourth-order valence-electron chi connectivity index (χ4n) is 1.50. The first-order valence-corrected chi connectivity index (χ1v) is 4.51. The van der Waals surface area contributed by atoms with E-state index in [0.29, 0.717) is 5.92 Å². The number of hydrogen-bond acceptors (Lipinski definition) is 1. The molecule has 64 valence electrons. The second-order valence-electron chi connectivity index (χ2n) is 3.59. The molecule has 0 saturated heterocycles. The smallest absolute Gasteiger partial charge is 0.0835 e. The van der Waals surface area contributed by atoms with Crippen LogP contribution < -0.4 is 0 Å². The van der Waals surface area contributed by atoms with Crippen LogP contribution in [0.25, 0.3) is 0 Å². The van der Waals surface area contributed by atoms with E-state index < -0.39 is 0 Å². The predicted octanol–water partition coefficient (Wildman–Crippen LogP) is 2.79. The number of aromatic amines is 1. The van der Waals surface area contributed by atoms with Gasteiger partial charge in [-0.1, -0.05) is 13.8 Å². The summed E-state index contributed by atoms with van der Waals surface area (Å²) in [4.78, 5) is 7.76. The molecule has 2 heteroatoms. The van der Waals surface area contributed by atoms with Crippen LogP contribution >= 0.6 is 0 Å². The highest BCUT2D eigenvalue weighted by Crippen LogP contribution is 2.27. The molecule has 12 heavy (non-hydrogen) atoms. The van der Waals surface area contributed by atoms with Gasteiger partial charge in [-0.05, 0) is 24.8 Å². The molecule has 0 radical (unpaired) electrons. The number of nitrogens with one attached hydrogen (secondary N) is 1. The normalized spacial score (nSPS) is 15.2. The largest absolute Gasteiger partial charge is 0.360 e. The third-order valence-corrected chi connectivity index (χ3v) is 2.27. The topological polar surface area (TPSA) is 28.1 Å². The van der Waals surface area contributed by atoms with Crippen molar-refractivity contribution in [1.82, 2.24) is 4.98 Å². The minimum atomic E-state index is 0.575. The Bertz CT molecular complexity index is 308. The van der Waals surface area contributed by atoms with E-state index in [9.17, 15) is 0 Å². The van der Waals surface area contributed by atoms with Crippen LogP contribution in [0.4, 0.5) is 5.69 Å². The van der Waals surface area contributed by atoms with E-state index in [4.69, 9.17) is 0 Å². The first kappa shape index (κ1) is 7.59. The molecule has 0 atom stereocenters. The van der Waals surface area contributed by atoms with Crippen molar-refractivity contribution in [3.63, 3.8) is 0 Å². The van der Waals surface area contributed by atoms with Gasteiger partial charge in [0.15, 0.2) is 0 Å². The van der Waals surface area contributed by atoms with Crippen molar-refractivity contribution in [2.75, 3.05) is 0 Å². The summed E-state index contributed by atoms with van der Waals surface area (Å²) in [7, 11) is 0. The summed E-state index contributed by atoms with van der Waals surface area (Å²) in [6, 6.07) is 2.16. The van der Waals surface area contributed by atoms with Gasteiger partial charge in [0, 0.05) is 17.6 Å². The number of aliphatic imine (C=N–C) groups is 1. The van der Waals surface area contributed by atoms with Gasteiger partial charge < -0.3 is 4.98 Å². The van der Waals surface area contributed by atoms with Crippen molar-refractivity contribution in [2.45, 2.75) is 32.6 Å². The summed E-state index contributed by atoms with van der Waals surface area (Å²) >= 11 is 0. The molecule has 0 spiro atoms. The molecule has 0 aliphatic carbocycles. The number of fused-ring (bicyclic) bond motifs is 1. The lowest BCUT2D eigenvalue weighted by molar-refractivity contribution is 0.820. The van der Waals surface area contributed by atoms with E-state index in [1.165, 1.54) is 11.4 Å². The second-order valence-corrected chi connectivity index (χ2v) is 3.59. The van der Waals surface area contributed by atoms with Crippen molar-refractivity contribution in [3.05, 3.63) is 17.5 Å². The van der Waals surface area contributed by atoms with E-state index in [1.807, 2.05) is 6.21 Å². The monoisotopic (exact) mass is 162 g/mol. The second kappa shape index (κ2) is 2.77. The highest BCUT2D eigenvalue weighted by atomic mass is 14.8. The Balaban J connectivity index is 2.39. The first-order chi connectivity index (χ1) is 5.77. The molecule has 2 nitrogen and oxygen atoms in total. The van der Waals surface area contributed by atoms with Crippen LogP contribution in [0, 0.1) is 0 Å². The van der Waals surface area contributed by atoms with Gasteiger partial charge in [0.2, 0.25) is 0 Å². The van der Waals surface area contributed by atoms with Crippen LogP contribution in [0.1, 0.15) is 37.6 Å². The van der Waals surface area contributed by atoms with Crippen LogP contribution in [0.2, 0.25) is 0 Å². The third kappa shape index (κ3) is 1.17. The Morgan fingerprint density at radius 1 is 1.50 bits per heavy atom. The molecule has 1 N–H and O–H groups in total. The average molecular weight is 162 g/mol. The van der Waals surface area contributed by atoms with Gasteiger partial charge in [0.1, 0.15) is 0 Å². The quantitative estimate of drug-likeness (QED) is 0.657. The molecule has 0 amide bonds. The van der Waals surface area contributed by atoms with Crippen LogP contribution in [-0.2, 0) is 6.42 Å². The lowest BCUT2D eigenvalue weighted by atomic mass is 10.1. The van der Waals surface area contributed by atoms with Crippen LogP contribution in [0.3, 0.4) is 0 Å². The number of aromatic nitrogens is 1. The molecule has 0 saturated carbocycles. The molecule has 0 aromatic carbocycles.